The zero-order chi connectivity index (χ0) is 38.1. The molecule has 268 valence electrons. The van der Waals surface area contributed by atoms with Crippen molar-refractivity contribution in [3.63, 3.8) is 0 Å². The van der Waals surface area contributed by atoms with Crippen molar-refractivity contribution in [2.75, 3.05) is 0 Å². The molecule has 0 heterocycles. The standard InChI is InChI=1S/C57H40/c1-37-38(2)57(53-23-13-12-16-45(37)53)35-34-43-30-31-44(36-54(43)57)55-48-19-8-10-21-50(48)56(51-22-11-9-20-49(51)55)52-33-32-42(46-17-6-7-18-47(46)52)29-26-39-24-27-41(28-25-39)40-14-4-3-5-15-40/h3-33,36H,1-2,34-35H2. The highest BCUT2D eigenvalue weighted by Crippen LogP contribution is 2.59. The minimum absolute atomic E-state index is 0.231. The molecule has 9 aromatic rings. The molecule has 11 rings (SSSR count). The summed E-state index contributed by atoms with van der Waals surface area (Å²) in [4.78, 5) is 0. The minimum Gasteiger partial charge on any atom is -0.0940 e. The zero-order valence-electron chi connectivity index (χ0n) is 31.8. The first-order chi connectivity index (χ1) is 28.1. The predicted octanol–water partition coefficient (Wildman–Crippen LogP) is 15.1. The highest BCUT2D eigenvalue weighted by atomic mass is 14.5. The van der Waals surface area contributed by atoms with E-state index in [2.05, 4.69) is 201 Å². The first-order valence-electron chi connectivity index (χ1n) is 20.0. The molecule has 0 amide bonds. The Morgan fingerprint density at radius 1 is 0.421 bits per heavy atom. The Hall–Kier alpha value is -7.02. The lowest BCUT2D eigenvalue weighted by Gasteiger charge is -2.29. The van der Waals surface area contributed by atoms with Crippen LogP contribution in [0.15, 0.2) is 201 Å². The van der Waals surface area contributed by atoms with Gasteiger partial charge in [-0.2, -0.15) is 0 Å². The van der Waals surface area contributed by atoms with E-state index in [1.165, 1.54) is 99.1 Å². The van der Waals surface area contributed by atoms with Gasteiger partial charge in [0, 0.05) is 5.41 Å². The first kappa shape index (κ1) is 33.3. The lowest BCUT2D eigenvalue weighted by molar-refractivity contribution is 0.628. The number of hydrogen-bond acceptors (Lipinski definition) is 0. The van der Waals surface area contributed by atoms with Gasteiger partial charge >= 0.3 is 0 Å². The van der Waals surface area contributed by atoms with Gasteiger partial charge in [0.1, 0.15) is 0 Å². The Labute approximate surface area is 334 Å². The number of aryl methyl sites for hydroxylation is 1. The molecule has 9 aromatic carbocycles. The summed E-state index contributed by atoms with van der Waals surface area (Å²) >= 11 is 0. The molecule has 2 aliphatic carbocycles. The van der Waals surface area contributed by atoms with Gasteiger partial charge in [-0.15, -0.1) is 0 Å². The van der Waals surface area contributed by atoms with E-state index < -0.39 is 0 Å². The third-order valence-electron chi connectivity index (χ3n) is 12.9. The number of hydrogen-bond donors (Lipinski definition) is 0. The first-order valence-corrected chi connectivity index (χ1v) is 20.0. The van der Waals surface area contributed by atoms with E-state index in [0.717, 1.165) is 24.0 Å². The second-order valence-electron chi connectivity index (χ2n) is 15.7. The van der Waals surface area contributed by atoms with Gasteiger partial charge in [0.05, 0.1) is 0 Å². The third-order valence-corrected chi connectivity index (χ3v) is 12.9. The molecular formula is C57H40. The average molecular weight is 725 g/mol. The van der Waals surface area contributed by atoms with Crippen molar-refractivity contribution < 1.29 is 0 Å². The number of rotatable bonds is 5. The van der Waals surface area contributed by atoms with Crippen molar-refractivity contribution in [2.24, 2.45) is 0 Å². The summed E-state index contributed by atoms with van der Waals surface area (Å²) in [7, 11) is 0. The van der Waals surface area contributed by atoms with Crippen LogP contribution in [0.25, 0.3) is 83.4 Å². The molecule has 0 radical (unpaired) electrons. The van der Waals surface area contributed by atoms with Gasteiger partial charge in [0.2, 0.25) is 0 Å². The van der Waals surface area contributed by atoms with Crippen molar-refractivity contribution >= 4 is 50.0 Å². The van der Waals surface area contributed by atoms with Crippen LogP contribution in [0.5, 0.6) is 0 Å². The van der Waals surface area contributed by atoms with E-state index in [1.54, 1.807) is 0 Å². The van der Waals surface area contributed by atoms with E-state index in [-0.39, 0.29) is 5.41 Å². The molecule has 2 aliphatic rings. The topological polar surface area (TPSA) is 0 Å². The molecule has 0 nitrogen and oxygen atoms in total. The van der Waals surface area contributed by atoms with Gasteiger partial charge in [-0.25, -0.2) is 0 Å². The summed E-state index contributed by atoms with van der Waals surface area (Å²) in [6.07, 6.45) is 6.55. The van der Waals surface area contributed by atoms with E-state index >= 15 is 0 Å². The highest BCUT2D eigenvalue weighted by Gasteiger charge is 2.49. The van der Waals surface area contributed by atoms with Crippen LogP contribution in [0.3, 0.4) is 0 Å². The lowest BCUT2D eigenvalue weighted by Crippen LogP contribution is -2.23. The van der Waals surface area contributed by atoms with Crippen molar-refractivity contribution in [2.45, 2.75) is 18.3 Å². The van der Waals surface area contributed by atoms with Gasteiger partial charge in [-0.1, -0.05) is 201 Å². The maximum absolute atomic E-state index is 4.70. The minimum atomic E-state index is -0.231. The van der Waals surface area contributed by atoms with Crippen LogP contribution in [0, 0.1) is 0 Å². The van der Waals surface area contributed by atoms with Gasteiger partial charge in [0.15, 0.2) is 0 Å². The molecule has 1 spiro atoms. The molecule has 0 saturated heterocycles. The largest absolute Gasteiger partial charge is 0.0940 e. The fourth-order valence-electron chi connectivity index (χ4n) is 10.1. The fraction of sp³-hybridized carbons (Fsp3) is 0.0526. The Balaban J connectivity index is 1.06. The number of allylic oxidation sites excluding steroid dienone is 2. The molecular weight excluding hydrogens is 685 g/mol. The van der Waals surface area contributed by atoms with Crippen LogP contribution in [0.2, 0.25) is 0 Å². The predicted molar refractivity (Wildman–Crippen MR) is 244 cm³/mol. The monoisotopic (exact) mass is 724 g/mol. The Kier molecular flexibility index (Phi) is 7.63. The summed E-state index contributed by atoms with van der Waals surface area (Å²) in [6, 6.07) is 67.0. The molecule has 1 unspecified atom stereocenters. The summed E-state index contributed by atoms with van der Waals surface area (Å²) in [5.41, 5.74) is 17.3. The zero-order valence-corrected chi connectivity index (χ0v) is 31.8. The van der Waals surface area contributed by atoms with Crippen molar-refractivity contribution in [3.8, 4) is 33.4 Å². The van der Waals surface area contributed by atoms with Gasteiger partial charge < -0.3 is 0 Å². The molecule has 0 fully saturated rings. The Morgan fingerprint density at radius 3 is 1.72 bits per heavy atom. The van der Waals surface area contributed by atoms with Crippen LogP contribution in [0.4, 0.5) is 0 Å². The molecule has 0 saturated carbocycles. The number of fused-ring (bicyclic) bond motifs is 7. The quantitative estimate of drug-likeness (QED) is 0.122. The second-order valence-corrected chi connectivity index (χ2v) is 15.7. The van der Waals surface area contributed by atoms with Gasteiger partial charge in [-0.3, -0.25) is 0 Å². The molecule has 57 heavy (non-hydrogen) atoms. The highest BCUT2D eigenvalue weighted by molar-refractivity contribution is 6.24. The van der Waals surface area contributed by atoms with E-state index in [4.69, 9.17) is 6.58 Å². The lowest BCUT2D eigenvalue weighted by atomic mass is 9.73. The van der Waals surface area contributed by atoms with Crippen LogP contribution in [-0.4, -0.2) is 0 Å². The van der Waals surface area contributed by atoms with Crippen LogP contribution < -0.4 is 0 Å². The molecule has 1 atom stereocenters. The van der Waals surface area contributed by atoms with Crippen LogP contribution in [0.1, 0.15) is 39.8 Å². The molecule has 0 N–H and O–H groups in total. The molecule has 0 heteroatoms. The van der Waals surface area contributed by atoms with Crippen molar-refractivity contribution in [3.05, 3.63) is 234 Å². The fourth-order valence-corrected chi connectivity index (χ4v) is 10.1. The maximum Gasteiger partial charge on any atom is 0.0463 e. The normalized spacial score (nSPS) is 16.0. The third kappa shape index (κ3) is 5.07. The smallest absolute Gasteiger partial charge is 0.0463 e. The average Bonchev–Trinajstić information content (AvgIpc) is 3.76. The number of benzene rings is 9. The van der Waals surface area contributed by atoms with E-state index in [1.807, 2.05) is 0 Å². The molecule has 0 aliphatic heterocycles. The second kappa shape index (κ2) is 13.0. The molecule has 0 aromatic heterocycles. The Bertz CT molecular complexity index is 3080. The maximum atomic E-state index is 4.70. The summed E-state index contributed by atoms with van der Waals surface area (Å²) < 4.78 is 0. The Morgan fingerprint density at radius 2 is 1.00 bits per heavy atom. The van der Waals surface area contributed by atoms with Crippen molar-refractivity contribution in [1.29, 1.82) is 0 Å². The molecule has 0 bridgehead atoms. The summed E-state index contributed by atoms with van der Waals surface area (Å²) in [5.74, 6) is 0. The van der Waals surface area contributed by atoms with Crippen LogP contribution >= 0.6 is 0 Å². The van der Waals surface area contributed by atoms with Crippen LogP contribution in [-0.2, 0) is 11.8 Å². The van der Waals surface area contributed by atoms with Gasteiger partial charge in [0.25, 0.3) is 0 Å². The SMILES string of the molecule is C=C1C(=C)C2(CCc3ccc(-c4c5ccccc5c(-c5ccc(C=Cc6ccc(-c7ccccc7)cc6)c6ccccc56)c5ccccc45)cc32)c2ccccc21. The van der Waals surface area contributed by atoms with E-state index in [0.29, 0.717) is 0 Å². The summed E-state index contributed by atoms with van der Waals surface area (Å²) in [5, 5.41) is 7.54. The van der Waals surface area contributed by atoms with E-state index in [9.17, 15) is 0 Å². The van der Waals surface area contributed by atoms with Crippen molar-refractivity contribution in [1.82, 2.24) is 0 Å². The van der Waals surface area contributed by atoms with Gasteiger partial charge in [-0.05, 0) is 129 Å². The summed E-state index contributed by atoms with van der Waals surface area (Å²) in [6.45, 7) is 9.23.